The molecule has 0 bridgehead atoms. The minimum atomic E-state index is -0.968. The van der Waals surface area contributed by atoms with Crippen molar-refractivity contribution in [2.45, 2.75) is 25.8 Å². The van der Waals surface area contributed by atoms with Crippen LogP contribution in [0.3, 0.4) is 0 Å². The second kappa shape index (κ2) is 4.97. The van der Waals surface area contributed by atoms with Gasteiger partial charge in [0.25, 0.3) is 5.91 Å². The van der Waals surface area contributed by atoms with Crippen molar-refractivity contribution in [1.29, 1.82) is 0 Å². The normalized spacial score (nSPS) is 13.8. The minimum absolute atomic E-state index is 0.271. The highest BCUT2D eigenvalue weighted by molar-refractivity contribution is 6.05. The number of nitrogens with one attached hydrogen (secondary N) is 1. The van der Waals surface area contributed by atoms with E-state index >= 15 is 0 Å². The van der Waals surface area contributed by atoms with Gasteiger partial charge in [0.05, 0.1) is 16.8 Å². The zero-order valence-electron chi connectivity index (χ0n) is 9.99. The number of hydrogen-bond acceptors (Lipinski definition) is 3. The van der Waals surface area contributed by atoms with E-state index in [0.29, 0.717) is 12.1 Å². The molecule has 5 N–H and O–H groups in total. The monoisotopic (exact) mass is 235 g/mol. The third-order valence-corrected chi connectivity index (χ3v) is 2.69. The molecule has 0 fully saturated rings. The predicted octanol–water partition coefficient (Wildman–Crippen LogP) is 0.851. The number of hydrogen-bond donors (Lipinski definition) is 3. The molecular formula is C12H17N3O2. The molecule has 0 radical (unpaired) electrons. The molecule has 1 aromatic rings. The van der Waals surface area contributed by atoms with Crippen LogP contribution >= 0.6 is 0 Å². The molecule has 1 aromatic carbocycles. The Morgan fingerprint density at radius 1 is 1.35 bits per heavy atom. The van der Waals surface area contributed by atoms with Crippen LogP contribution in [0.15, 0.2) is 24.3 Å². The zero-order valence-corrected chi connectivity index (χ0v) is 9.99. The summed E-state index contributed by atoms with van der Waals surface area (Å²) in [5, 5.41) is 2.62. The number of nitrogens with two attached hydrogens (primary N) is 2. The van der Waals surface area contributed by atoms with Gasteiger partial charge in [0.15, 0.2) is 0 Å². The van der Waals surface area contributed by atoms with Gasteiger partial charge in [0.1, 0.15) is 0 Å². The van der Waals surface area contributed by atoms with Gasteiger partial charge in [-0.2, -0.15) is 0 Å². The molecule has 0 spiro atoms. The highest BCUT2D eigenvalue weighted by atomic mass is 16.2. The Morgan fingerprint density at radius 2 is 1.94 bits per heavy atom. The molecule has 5 heteroatoms. The number of rotatable bonds is 4. The first-order valence-electron chi connectivity index (χ1n) is 5.37. The van der Waals surface area contributed by atoms with Crippen LogP contribution in [0.4, 0.5) is 5.69 Å². The summed E-state index contributed by atoms with van der Waals surface area (Å²) in [6.07, 6.45) is 0.498. The smallest absolute Gasteiger partial charge is 0.250 e. The fraction of sp³-hybridized carbons (Fsp3) is 0.333. The maximum Gasteiger partial charge on any atom is 0.250 e. The Kier molecular flexibility index (Phi) is 3.85. The van der Waals surface area contributed by atoms with Crippen LogP contribution in [0, 0.1) is 0 Å². The lowest BCUT2D eigenvalue weighted by atomic mass is 9.99. The summed E-state index contributed by atoms with van der Waals surface area (Å²) in [4.78, 5) is 23.0. The van der Waals surface area contributed by atoms with Crippen molar-refractivity contribution in [2.75, 3.05) is 5.32 Å². The maximum absolute atomic E-state index is 11.9. The summed E-state index contributed by atoms with van der Waals surface area (Å²) in [5.74, 6) is -0.926. The highest BCUT2D eigenvalue weighted by Gasteiger charge is 2.26. The van der Waals surface area contributed by atoms with E-state index in [1.54, 1.807) is 31.2 Å². The number of para-hydroxylation sites is 1. The van der Waals surface area contributed by atoms with Gasteiger partial charge in [-0.25, -0.2) is 0 Å². The van der Waals surface area contributed by atoms with Crippen molar-refractivity contribution in [2.24, 2.45) is 11.5 Å². The van der Waals surface area contributed by atoms with Gasteiger partial charge >= 0.3 is 0 Å². The molecule has 0 aliphatic carbocycles. The van der Waals surface area contributed by atoms with Crippen LogP contribution in [-0.4, -0.2) is 17.4 Å². The van der Waals surface area contributed by atoms with Crippen molar-refractivity contribution >= 4 is 17.5 Å². The van der Waals surface area contributed by atoms with Crippen molar-refractivity contribution in [1.82, 2.24) is 0 Å². The first-order chi connectivity index (χ1) is 7.88. The molecule has 0 heterocycles. The van der Waals surface area contributed by atoms with Crippen LogP contribution in [0.25, 0.3) is 0 Å². The molecule has 92 valence electrons. The number of primary amides is 1. The Labute approximate surface area is 100 Å². The molecule has 0 saturated heterocycles. The third kappa shape index (κ3) is 3.04. The number of carbonyl (C=O) groups is 2. The molecule has 0 aliphatic rings. The van der Waals surface area contributed by atoms with Crippen molar-refractivity contribution < 1.29 is 9.59 Å². The summed E-state index contributed by atoms with van der Waals surface area (Å²) in [6, 6.07) is 6.56. The minimum Gasteiger partial charge on any atom is -0.366 e. The second-order valence-electron chi connectivity index (χ2n) is 4.13. The maximum atomic E-state index is 11.9. The molecule has 1 unspecified atom stereocenters. The summed E-state index contributed by atoms with van der Waals surface area (Å²) in [5.41, 5.74) is 10.7. The molecule has 0 aliphatic heterocycles. The van der Waals surface area contributed by atoms with E-state index in [1.807, 2.05) is 6.92 Å². The van der Waals surface area contributed by atoms with E-state index in [4.69, 9.17) is 11.5 Å². The van der Waals surface area contributed by atoms with Crippen molar-refractivity contribution in [3.05, 3.63) is 29.8 Å². The largest absolute Gasteiger partial charge is 0.366 e. The topological polar surface area (TPSA) is 98.2 Å². The van der Waals surface area contributed by atoms with E-state index in [2.05, 4.69) is 5.32 Å². The summed E-state index contributed by atoms with van der Waals surface area (Å²) in [6.45, 7) is 3.45. The standard InChI is InChI=1S/C12H17N3O2/c1-3-12(2,14)11(17)15-9-7-5-4-6-8(9)10(13)16/h4-7H,3,14H2,1-2H3,(H2,13,16)(H,15,17). The quantitative estimate of drug-likeness (QED) is 0.721. The number of benzene rings is 1. The number of anilines is 1. The lowest BCUT2D eigenvalue weighted by Crippen LogP contribution is -2.48. The van der Waals surface area contributed by atoms with Gasteiger partial charge in [-0.15, -0.1) is 0 Å². The summed E-state index contributed by atoms with van der Waals surface area (Å²) in [7, 11) is 0. The molecule has 0 aromatic heterocycles. The zero-order chi connectivity index (χ0) is 13.1. The SMILES string of the molecule is CCC(C)(N)C(=O)Nc1ccccc1C(N)=O. The number of amides is 2. The second-order valence-corrected chi connectivity index (χ2v) is 4.13. The Hall–Kier alpha value is -1.88. The van der Waals surface area contributed by atoms with Crippen LogP contribution in [0.2, 0.25) is 0 Å². The van der Waals surface area contributed by atoms with E-state index in [-0.39, 0.29) is 11.5 Å². The van der Waals surface area contributed by atoms with Crippen molar-refractivity contribution in [3.63, 3.8) is 0 Å². The van der Waals surface area contributed by atoms with Gasteiger partial charge in [0, 0.05) is 0 Å². The Morgan fingerprint density at radius 3 is 2.47 bits per heavy atom. The molecule has 0 saturated carbocycles. The third-order valence-electron chi connectivity index (χ3n) is 2.69. The fourth-order valence-electron chi connectivity index (χ4n) is 1.23. The van der Waals surface area contributed by atoms with Crippen molar-refractivity contribution in [3.8, 4) is 0 Å². The average molecular weight is 235 g/mol. The first-order valence-corrected chi connectivity index (χ1v) is 5.37. The highest BCUT2D eigenvalue weighted by Crippen LogP contribution is 2.16. The van der Waals surface area contributed by atoms with Gasteiger partial charge in [-0.3, -0.25) is 9.59 Å². The average Bonchev–Trinajstić information content (AvgIpc) is 2.29. The lowest BCUT2D eigenvalue weighted by Gasteiger charge is -2.22. The van der Waals surface area contributed by atoms with Crippen LogP contribution in [-0.2, 0) is 4.79 Å². The van der Waals surface area contributed by atoms with Gasteiger partial charge in [-0.1, -0.05) is 19.1 Å². The molecule has 1 atom stereocenters. The molecule has 5 nitrogen and oxygen atoms in total. The molecule has 2 amide bonds. The lowest BCUT2D eigenvalue weighted by molar-refractivity contribution is -0.120. The van der Waals surface area contributed by atoms with Gasteiger partial charge < -0.3 is 16.8 Å². The van der Waals surface area contributed by atoms with Crippen LogP contribution in [0.5, 0.6) is 0 Å². The molecule has 1 rings (SSSR count). The fourth-order valence-corrected chi connectivity index (χ4v) is 1.23. The van der Waals surface area contributed by atoms with E-state index < -0.39 is 11.4 Å². The predicted molar refractivity (Wildman–Crippen MR) is 66.5 cm³/mol. The molecular weight excluding hydrogens is 218 g/mol. The molecule has 17 heavy (non-hydrogen) atoms. The van der Waals surface area contributed by atoms with Gasteiger partial charge in [0.2, 0.25) is 5.91 Å². The van der Waals surface area contributed by atoms with Gasteiger partial charge in [-0.05, 0) is 25.5 Å². The number of carbonyl (C=O) groups excluding carboxylic acids is 2. The van der Waals surface area contributed by atoms with E-state index in [9.17, 15) is 9.59 Å². The van der Waals surface area contributed by atoms with E-state index in [0.717, 1.165) is 0 Å². The Bertz CT molecular complexity index is 441. The summed E-state index contributed by atoms with van der Waals surface area (Å²) >= 11 is 0. The summed E-state index contributed by atoms with van der Waals surface area (Å²) < 4.78 is 0. The first kappa shape index (κ1) is 13.2. The van der Waals surface area contributed by atoms with E-state index in [1.165, 1.54) is 0 Å². The van der Waals surface area contributed by atoms with Crippen LogP contribution < -0.4 is 16.8 Å². The van der Waals surface area contributed by atoms with Crippen LogP contribution in [0.1, 0.15) is 30.6 Å². The Balaban J connectivity index is 2.97.